The molecule has 0 aliphatic rings. The number of anilines is 2. The number of likely N-dealkylation sites (N-methyl/N-ethyl adjacent to an activating group) is 1. The fourth-order valence-corrected chi connectivity index (χ4v) is 3.15. The van der Waals surface area contributed by atoms with Gasteiger partial charge in [0.2, 0.25) is 5.91 Å². The summed E-state index contributed by atoms with van der Waals surface area (Å²) in [7, 11) is 1.90. The molecule has 2 rings (SSSR count). The molecule has 4 nitrogen and oxygen atoms in total. The monoisotopic (exact) mass is 323 g/mol. The van der Waals surface area contributed by atoms with Gasteiger partial charge in [0.25, 0.3) is 0 Å². The van der Waals surface area contributed by atoms with Crippen LogP contribution in [0.2, 0.25) is 4.34 Å². The molecule has 0 aliphatic heterocycles. The number of nitrogens with zero attached hydrogens (tertiary/aromatic N) is 1. The molecule has 0 saturated heterocycles. The lowest BCUT2D eigenvalue weighted by Gasteiger charge is -2.16. The van der Waals surface area contributed by atoms with Crippen LogP contribution in [0.4, 0.5) is 11.4 Å². The summed E-state index contributed by atoms with van der Waals surface area (Å²) in [5.74, 6) is -0.0612. The highest BCUT2D eigenvalue weighted by Crippen LogP contribution is 2.23. The Hall–Kier alpha value is -1.56. The molecule has 0 unspecified atom stereocenters. The van der Waals surface area contributed by atoms with Crippen LogP contribution in [-0.2, 0) is 11.3 Å². The lowest BCUT2D eigenvalue weighted by molar-refractivity contribution is -0.117. The fraction of sp³-hybridized carbons (Fsp3) is 0.267. The van der Waals surface area contributed by atoms with Gasteiger partial charge in [0.15, 0.2) is 0 Å². The third-order valence-electron chi connectivity index (χ3n) is 3.12. The summed E-state index contributed by atoms with van der Waals surface area (Å²) in [5.41, 5.74) is 8.15. The number of halogens is 1. The second-order valence-corrected chi connectivity index (χ2v) is 6.75. The normalized spacial score (nSPS) is 10.9. The predicted octanol–water partition coefficient (Wildman–Crippen LogP) is 3.36. The summed E-state index contributed by atoms with van der Waals surface area (Å²) in [5, 5.41) is 2.89. The molecule has 0 fully saturated rings. The molecular formula is C15H18ClN3OS. The molecule has 0 radical (unpaired) electrons. The first kappa shape index (κ1) is 15.8. The number of hydrogen-bond donors (Lipinski definition) is 2. The van der Waals surface area contributed by atoms with Crippen LogP contribution < -0.4 is 11.1 Å². The largest absolute Gasteiger partial charge is 0.398 e. The molecule has 1 heterocycles. The van der Waals surface area contributed by atoms with Gasteiger partial charge in [-0.2, -0.15) is 0 Å². The van der Waals surface area contributed by atoms with Gasteiger partial charge >= 0.3 is 0 Å². The fourth-order valence-electron chi connectivity index (χ4n) is 1.98. The Balaban J connectivity index is 1.90. The first-order valence-electron chi connectivity index (χ1n) is 6.53. The molecule has 112 valence electrons. The van der Waals surface area contributed by atoms with Crippen LogP contribution in [0, 0.1) is 6.92 Å². The van der Waals surface area contributed by atoms with E-state index in [-0.39, 0.29) is 5.91 Å². The number of nitrogens with two attached hydrogens (primary N) is 1. The lowest BCUT2D eigenvalue weighted by atomic mass is 10.1. The average Bonchev–Trinajstić information content (AvgIpc) is 2.80. The summed E-state index contributed by atoms with van der Waals surface area (Å²) >= 11 is 7.43. The van der Waals surface area contributed by atoms with E-state index in [4.69, 9.17) is 17.3 Å². The number of hydrogen-bond acceptors (Lipinski definition) is 4. The van der Waals surface area contributed by atoms with E-state index >= 15 is 0 Å². The number of rotatable bonds is 5. The molecule has 1 amide bonds. The topological polar surface area (TPSA) is 58.4 Å². The SMILES string of the molecule is Cc1c(N)cccc1NC(=O)CN(C)Cc1ccc(Cl)s1. The van der Waals surface area contributed by atoms with E-state index in [1.54, 1.807) is 0 Å². The first-order chi connectivity index (χ1) is 9.95. The van der Waals surface area contributed by atoms with Gasteiger partial charge in [-0.05, 0) is 43.8 Å². The highest BCUT2D eigenvalue weighted by atomic mass is 35.5. The highest BCUT2D eigenvalue weighted by Gasteiger charge is 2.10. The van der Waals surface area contributed by atoms with Crippen LogP contribution in [0.25, 0.3) is 0 Å². The van der Waals surface area contributed by atoms with Crippen molar-refractivity contribution in [1.29, 1.82) is 0 Å². The van der Waals surface area contributed by atoms with Crippen molar-refractivity contribution in [2.24, 2.45) is 0 Å². The van der Waals surface area contributed by atoms with Crippen LogP contribution in [0.5, 0.6) is 0 Å². The molecule has 21 heavy (non-hydrogen) atoms. The predicted molar refractivity (Wildman–Crippen MR) is 89.9 cm³/mol. The molecule has 3 N–H and O–H groups in total. The molecule has 0 saturated carbocycles. The number of benzene rings is 1. The zero-order valence-electron chi connectivity index (χ0n) is 12.0. The van der Waals surface area contributed by atoms with E-state index in [9.17, 15) is 4.79 Å². The molecule has 0 aliphatic carbocycles. The summed E-state index contributed by atoms with van der Waals surface area (Å²) in [4.78, 5) is 15.1. The Bertz CT molecular complexity index is 642. The minimum Gasteiger partial charge on any atom is -0.398 e. The van der Waals surface area contributed by atoms with Gasteiger partial charge in [0.05, 0.1) is 10.9 Å². The van der Waals surface area contributed by atoms with Crippen molar-refractivity contribution < 1.29 is 4.79 Å². The van der Waals surface area contributed by atoms with E-state index in [0.29, 0.717) is 18.8 Å². The van der Waals surface area contributed by atoms with Crippen LogP contribution in [0.1, 0.15) is 10.4 Å². The minimum absolute atomic E-state index is 0.0612. The molecule has 1 aromatic carbocycles. The molecule has 2 aromatic rings. The first-order valence-corrected chi connectivity index (χ1v) is 7.73. The van der Waals surface area contributed by atoms with Crippen molar-refractivity contribution in [1.82, 2.24) is 4.90 Å². The van der Waals surface area contributed by atoms with E-state index in [1.165, 1.54) is 11.3 Å². The van der Waals surface area contributed by atoms with E-state index in [1.807, 2.05) is 49.2 Å². The second-order valence-electron chi connectivity index (χ2n) is 4.95. The van der Waals surface area contributed by atoms with Crippen molar-refractivity contribution in [2.45, 2.75) is 13.5 Å². The number of nitrogen functional groups attached to an aromatic ring is 1. The van der Waals surface area contributed by atoms with Gasteiger partial charge in [0.1, 0.15) is 0 Å². The number of thiophene rings is 1. The van der Waals surface area contributed by atoms with E-state index in [2.05, 4.69) is 5.32 Å². The van der Waals surface area contributed by atoms with Crippen LogP contribution >= 0.6 is 22.9 Å². The van der Waals surface area contributed by atoms with Gasteiger partial charge in [-0.1, -0.05) is 17.7 Å². The summed E-state index contributed by atoms with van der Waals surface area (Å²) in [6.07, 6.45) is 0. The van der Waals surface area contributed by atoms with Gasteiger partial charge in [0, 0.05) is 22.8 Å². The van der Waals surface area contributed by atoms with Crippen molar-refractivity contribution in [2.75, 3.05) is 24.6 Å². The molecule has 0 bridgehead atoms. The Morgan fingerprint density at radius 3 is 2.81 bits per heavy atom. The lowest BCUT2D eigenvalue weighted by Crippen LogP contribution is -2.29. The number of carbonyl (C=O) groups excluding carboxylic acids is 1. The Morgan fingerprint density at radius 1 is 1.38 bits per heavy atom. The van der Waals surface area contributed by atoms with Crippen molar-refractivity contribution in [3.8, 4) is 0 Å². The van der Waals surface area contributed by atoms with Crippen molar-refractivity contribution >= 4 is 40.2 Å². The number of carbonyl (C=O) groups is 1. The summed E-state index contributed by atoms with van der Waals surface area (Å²) in [6, 6.07) is 9.34. The van der Waals surface area contributed by atoms with Gasteiger partial charge in [-0.25, -0.2) is 0 Å². The molecular weight excluding hydrogens is 306 g/mol. The zero-order valence-corrected chi connectivity index (χ0v) is 13.6. The molecule has 0 spiro atoms. The van der Waals surface area contributed by atoms with Gasteiger partial charge in [-0.3, -0.25) is 9.69 Å². The summed E-state index contributed by atoms with van der Waals surface area (Å²) < 4.78 is 0.762. The highest BCUT2D eigenvalue weighted by molar-refractivity contribution is 7.16. The van der Waals surface area contributed by atoms with Gasteiger partial charge in [-0.15, -0.1) is 11.3 Å². The number of amides is 1. The van der Waals surface area contributed by atoms with Crippen LogP contribution in [-0.4, -0.2) is 24.4 Å². The Morgan fingerprint density at radius 2 is 2.14 bits per heavy atom. The van der Waals surface area contributed by atoms with Gasteiger partial charge < -0.3 is 11.1 Å². The minimum atomic E-state index is -0.0612. The maximum absolute atomic E-state index is 12.1. The summed E-state index contributed by atoms with van der Waals surface area (Å²) in [6.45, 7) is 2.90. The van der Waals surface area contributed by atoms with Crippen molar-refractivity contribution in [3.05, 3.63) is 45.1 Å². The van der Waals surface area contributed by atoms with E-state index in [0.717, 1.165) is 20.5 Å². The Labute approximate surface area is 133 Å². The average molecular weight is 324 g/mol. The maximum atomic E-state index is 12.1. The van der Waals surface area contributed by atoms with Crippen LogP contribution in [0.3, 0.4) is 0 Å². The number of nitrogens with one attached hydrogen (secondary N) is 1. The molecule has 1 aromatic heterocycles. The standard InChI is InChI=1S/C15H18ClN3OS/c1-10-12(17)4-3-5-13(10)18-15(20)9-19(2)8-11-6-7-14(16)21-11/h3-7H,8-9,17H2,1-2H3,(H,18,20). The smallest absolute Gasteiger partial charge is 0.238 e. The van der Waals surface area contributed by atoms with Crippen LogP contribution in [0.15, 0.2) is 30.3 Å². The maximum Gasteiger partial charge on any atom is 0.238 e. The van der Waals surface area contributed by atoms with Crippen molar-refractivity contribution in [3.63, 3.8) is 0 Å². The quantitative estimate of drug-likeness (QED) is 0.829. The molecule has 6 heteroatoms. The zero-order chi connectivity index (χ0) is 15.4. The Kier molecular flexibility index (Phi) is 5.22. The second kappa shape index (κ2) is 6.93. The van der Waals surface area contributed by atoms with E-state index < -0.39 is 0 Å². The molecule has 0 atom stereocenters. The third-order valence-corrected chi connectivity index (χ3v) is 4.33. The third kappa shape index (κ3) is 4.46.